The second-order valence-corrected chi connectivity index (χ2v) is 5.54. The highest BCUT2D eigenvalue weighted by molar-refractivity contribution is 5.53. The molecule has 1 heterocycles. The number of rotatable bonds is 5. The number of nitrogens with two attached hydrogens (primary N) is 1. The number of para-hydroxylation sites is 1. The van der Waals surface area contributed by atoms with Crippen LogP contribution in [0.1, 0.15) is 16.7 Å². The molecule has 21 heavy (non-hydrogen) atoms. The third kappa shape index (κ3) is 3.03. The van der Waals surface area contributed by atoms with Crippen LogP contribution >= 0.6 is 0 Å². The van der Waals surface area contributed by atoms with E-state index in [4.69, 9.17) is 10.5 Å². The Morgan fingerprint density at radius 2 is 2.05 bits per heavy atom. The summed E-state index contributed by atoms with van der Waals surface area (Å²) in [4.78, 5) is 2.28. The lowest BCUT2D eigenvalue weighted by atomic mass is 10.1. The second kappa shape index (κ2) is 6.19. The summed E-state index contributed by atoms with van der Waals surface area (Å²) in [5.74, 6) is 1.06. The van der Waals surface area contributed by atoms with Crippen LogP contribution in [0.25, 0.3) is 0 Å². The maximum atomic E-state index is 5.82. The number of hydrogen-bond donors (Lipinski definition) is 1. The molecule has 0 atom stereocenters. The molecule has 0 radical (unpaired) electrons. The summed E-state index contributed by atoms with van der Waals surface area (Å²) in [6.45, 7) is 2.38. The first-order chi connectivity index (χ1) is 10.3. The molecule has 0 saturated carbocycles. The summed E-state index contributed by atoms with van der Waals surface area (Å²) in [6, 6.07) is 14.9. The molecule has 2 N–H and O–H groups in total. The molecule has 0 aromatic heterocycles. The van der Waals surface area contributed by atoms with Crippen molar-refractivity contribution in [3.8, 4) is 5.75 Å². The van der Waals surface area contributed by atoms with Crippen molar-refractivity contribution in [3.05, 3.63) is 59.2 Å². The fourth-order valence-corrected chi connectivity index (χ4v) is 2.87. The van der Waals surface area contributed by atoms with E-state index in [1.807, 2.05) is 6.07 Å². The van der Waals surface area contributed by atoms with E-state index in [0.29, 0.717) is 6.54 Å². The van der Waals surface area contributed by atoms with Gasteiger partial charge in [-0.25, -0.2) is 0 Å². The van der Waals surface area contributed by atoms with Gasteiger partial charge in [-0.05, 0) is 35.2 Å². The lowest BCUT2D eigenvalue weighted by Crippen LogP contribution is -2.22. The van der Waals surface area contributed by atoms with Crippen LogP contribution < -0.4 is 15.4 Å². The van der Waals surface area contributed by atoms with Gasteiger partial charge >= 0.3 is 0 Å². The zero-order valence-electron chi connectivity index (χ0n) is 12.5. The van der Waals surface area contributed by atoms with Crippen molar-refractivity contribution in [3.63, 3.8) is 0 Å². The summed E-state index contributed by atoms with van der Waals surface area (Å²) >= 11 is 0. The molecule has 110 valence electrons. The molecule has 0 bridgehead atoms. The van der Waals surface area contributed by atoms with Crippen molar-refractivity contribution in [2.75, 3.05) is 25.1 Å². The summed E-state index contributed by atoms with van der Waals surface area (Å²) in [5, 5.41) is 0. The molecule has 3 rings (SSSR count). The molecule has 0 aliphatic carbocycles. The number of benzene rings is 2. The molecule has 0 saturated heterocycles. The van der Waals surface area contributed by atoms with Gasteiger partial charge in [0.05, 0.1) is 6.61 Å². The molecule has 1 aliphatic heterocycles. The zero-order valence-corrected chi connectivity index (χ0v) is 12.5. The van der Waals surface area contributed by atoms with Crippen molar-refractivity contribution in [1.29, 1.82) is 0 Å². The van der Waals surface area contributed by atoms with Crippen LogP contribution in [0.5, 0.6) is 5.75 Å². The molecule has 0 spiro atoms. The molecule has 2 aromatic carbocycles. The minimum atomic E-state index is 0.580. The van der Waals surface area contributed by atoms with Gasteiger partial charge in [-0.3, -0.25) is 0 Å². The Balaban J connectivity index is 1.67. The molecule has 0 unspecified atom stereocenters. The normalized spacial score (nSPS) is 12.9. The average Bonchev–Trinajstić information content (AvgIpc) is 3.00. The molecule has 0 fully saturated rings. The first kappa shape index (κ1) is 14.0. The fraction of sp³-hybridized carbons (Fsp3) is 0.333. The van der Waals surface area contributed by atoms with Crippen LogP contribution in [0.2, 0.25) is 0 Å². The highest BCUT2D eigenvalue weighted by Gasteiger charge is 2.12. The van der Waals surface area contributed by atoms with E-state index in [0.717, 1.165) is 31.7 Å². The van der Waals surface area contributed by atoms with Crippen LogP contribution in [0, 0.1) is 0 Å². The average molecular weight is 282 g/mol. The van der Waals surface area contributed by atoms with Crippen molar-refractivity contribution in [2.24, 2.45) is 5.73 Å². The predicted octanol–water partition coefficient (Wildman–Crippen LogP) is 2.76. The van der Waals surface area contributed by atoms with Gasteiger partial charge in [0.2, 0.25) is 0 Å². The zero-order chi connectivity index (χ0) is 14.7. The molecule has 3 nitrogen and oxygen atoms in total. The van der Waals surface area contributed by atoms with Gasteiger partial charge in [-0.2, -0.15) is 0 Å². The molecule has 0 amide bonds. The monoisotopic (exact) mass is 282 g/mol. The topological polar surface area (TPSA) is 38.5 Å². The Morgan fingerprint density at radius 3 is 2.90 bits per heavy atom. The number of nitrogens with zero attached hydrogens (tertiary/aromatic N) is 1. The van der Waals surface area contributed by atoms with E-state index < -0.39 is 0 Å². The van der Waals surface area contributed by atoms with Gasteiger partial charge in [-0.15, -0.1) is 0 Å². The van der Waals surface area contributed by atoms with E-state index in [9.17, 15) is 0 Å². The number of ether oxygens (including phenoxy) is 1. The minimum Gasteiger partial charge on any atom is -0.493 e. The minimum absolute atomic E-state index is 0.580. The molecule has 2 aromatic rings. The predicted molar refractivity (Wildman–Crippen MR) is 86.9 cm³/mol. The quantitative estimate of drug-likeness (QED) is 0.916. The lowest BCUT2D eigenvalue weighted by molar-refractivity contribution is 0.357. The number of hydrogen-bond acceptors (Lipinski definition) is 3. The first-order valence-electron chi connectivity index (χ1n) is 7.51. The van der Waals surface area contributed by atoms with Crippen molar-refractivity contribution >= 4 is 5.69 Å². The highest BCUT2D eigenvalue weighted by atomic mass is 16.5. The van der Waals surface area contributed by atoms with Crippen LogP contribution in [-0.4, -0.2) is 20.2 Å². The van der Waals surface area contributed by atoms with E-state index in [-0.39, 0.29) is 0 Å². The van der Waals surface area contributed by atoms with Gasteiger partial charge in [0, 0.05) is 32.2 Å². The molecule has 3 heteroatoms. The highest BCUT2D eigenvalue weighted by Crippen LogP contribution is 2.26. The number of anilines is 1. The summed E-state index contributed by atoms with van der Waals surface area (Å²) < 4.78 is 5.55. The third-order valence-corrected chi connectivity index (χ3v) is 4.11. The van der Waals surface area contributed by atoms with Crippen LogP contribution in [-0.2, 0) is 19.4 Å². The summed E-state index contributed by atoms with van der Waals surface area (Å²) in [6.07, 6.45) is 2.07. The van der Waals surface area contributed by atoms with E-state index in [1.165, 1.54) is 22.4 Å². The standard InChI is InChI=1S/C18H22N2O/c1-20(17-5-3-2-4-16(17)13-19)10-8-14-6-7-18-15(12-14)9-11-21-18/h2-7,12H,8-11,13,19H2,1H3. The van der Waals surface area contributed by atoms with Gasteiger partial charge < -0.3 is 15.4 Å². The van der Waals surface area contributed by atoms with E-state index in [1.54, 1.807) is 0 Å². The SMILES string of the molecule is CN(CCc1ccc2c(c1)CCO2)c1ccccc1CN. The summed E-state index contributed by atoms with van der Waals surface area (Å²) in [5.41, 5.74) is 11.0. The second-order valence-electron chi connectivity index (χ2n) is 5.54. The largest absolute Gasteiger partial charge is 0.493 e. The van der Waals surface area contributed by atoms with Crippen LogP contribution in [0.4, 0.5) is 5.69 Å². The van der Waals surface area contributed by atoms with Crippen molar-refractivity contribution in [2.45, 2.75) is 19.4 Å². The Labute approximate surface area is 126 Å². The van der Waals surface area contributed by atoms with Gasteiger partial charge in [0.25, 0.3) is 0 Å². The Morgan fingerprint density at radius 1 is 1.19 bits per heavy atom. The molecular weight excluding hydrogens is 260 g/mol. The molecular formula is C18H22N2O. The van der Waals surface area contributed by atoms with Crippen LogP contribution in [0.3, 0.4) is 0 Å². The first-order valence-corrected chi connectivity index (χ1v) is 7.51. The Kier molecular flexibility index (Phi) is 4.11. The number of fused-ring (bicyclic) bond motifs is 1. The van der Waals surface area contributed by atoms with Gasteiger partial charge in [0.1, 0.15) is 5.75 Å². The number of likely N-dealkylation sites (N-methyl/N-ethyl adjacent to an activating group) is 1. The van der Waals surface area contributed by atoms with Gasteiger partial charge in [-0.1, -0.05) is 30.3 Å². The maximum Gasteiger partial charge on any atom is 0.122 e. The summed E-state index contributed by atoms with van der Waals surface area (Å²) in [7, 11) is 2.13. The van der Waals surface area contributed by atoms with E-state index >= 15 is 0 Å². The van der Waals surface area contributed by atoms with E-state index in [2.05, 4.69) is 48.3 Å². The van der Waals surface area contributed by atoms with Gasteiger partial charge in [0.15, 0.2) is 0 Å². The Bertz CT molecular complexity index is 624. The Hall–Kier alpha value is -2.00. The third-order valence-electron chi connectivity index (χ3n) is 4.11. The lowest BCUT2D eigenvalue weighted by Gasteiger charge is -2.22. The van der Waals surface area contributed by atoms with Crippen LogP contribution in [0.15, 0.2) is 42.5 Å². The smallest absolute Gasteiger partial charge is 0.122 e. The maximum absolute atomic E-state index is 5.82. The fourth-order valence-electron chi connectivity index (χ4n) is 2.87. The van der Waals surface area contributed by atoms with Crippen molar-refractivity contribution in [1.82, 2.24) is 0 Å². The van der Waals surface area contributed by atoms with Crippen molar-refractivity contribution < 1.29 is 4.74 Å². The molecule has 1 aliphatic rings.